The fraction of sp³-hybridized carbons (Fsp3) is 0.231. The van der Waals surface area contributed by atoms with Crippen molar-refractivity contribution < 1.29 is 4.79 Å². The Hall–Kier alpha value is -1.62. The third-order valence-corrected chi connectivity index (χ3v) is 3.29. The molecular formula is C13H14BrN3O. The number of amides is 1. The fourth-order valence-electron chi connectivity index (χ4n) is 1.73. The first-order valence-corrected chi connectivity index (χ1v) is 6.41. The zero-order valence-electron chi connectivity index (χ0n) is 10.2. The molecule has 0 saturated heterocycles. The van der Waals surface area contributed by atoms with E-state index in [2.05, 4.69) is 31.4 Å². The molecule has 0 radical (unpaired) electrons. The number of nitrogens with one attached hydrogen (secondary N) is 2. The number of carbonyl (C=O) groups excluding carboxylic acids is 1. The first kappa shape index (κ1) is 12.8. The van der Waals surface area contributed by atoms with Gasteiger partial charge < -0.3 is 5.32 Å². The molecule has 1 aromatic heterocycles. The van der Waals surface area contributed by atoms with Crippen LogP contribution in [-0.4, -0.2) is 16.1 Å². The van der Waals surface area contributed by atoms with Crippen LogP contribution in [0.1, 0.15) is 27.3 Å². The van der Waals surface area contributed by atoms with Crippen molar-refractivity contribution in [2.75, 3.05) is 0 Å². The van der Waals surface area contributed by atoms with Crippen molar-refractivity contribution in [2.45, 2.75) is 20.4 Å². The number of benzene rings is 1. The van der Waals surface area contributed by atoms with E-state index in [0.717, 1.165) is 21.4 Å². The second-order valence-corrected chi connectivity index (χ2v) is 5.02. The van der Waals surface area contributed by atoms with Crippen molar-refractivity contribution in [2.24, 2.45) is 0 Å². The quantitative estimate of drug-likeness (QED) is 0.916. The van der Waals surface area contributed by atoms with Crippen LogP contribution in [-0.2, 0) is 6.54 Å². The van der Waals surface area contributed by atoms with Gasteiger partial charge in [-0.3, -0.25) is 9.89 Å². The normalized spacial score (nSPS) is 10.4. The van der Waals surface area contributed by atoms with Crippen LogP contribution in [0.4, 0.5) is 0 Å². The van der Waals surface area contributed by atoms with Crippen molar-refractivity contribution in [3.8, 4) is 0 Å². The summed E-state index contributed by atoms with van der Waals surface area (Å²) in [5.74, 6) is -0.0868. The zero-order valence-corrected chi connectivity index (χ0v) is 11.8. The summed E-state index contributed by atoms with van der Waals surface area (Å²) in [5, 5.41) is 9.89. The summed E-state index contributed by atoms with van der Waals surface area (Å²) in [5.41, 5.74) is 3.59. The van der Waals surface area contributed by atoms with Crippen LogP contribution < -0.4 is 5.32 Å². The van der Waals surface area contributed by atoms with Gasteiger partial charge in [-0.2, -0.15) is 5.10 Å². The number of halogens is 1. The molecule has 2 N–H and O–H groups in total. The van der Waals surface area contributed by atoms with Crippen LogP contribution in [0, 0.1) is 13.8 Å². The lowest BCUT2D eigenvalue weighted by Gasteiger charge is -2.05. The molecule has 2 rings (SSSR count). The molecule has 0 aliphatic heterocycles. The zero-order chi connectivity index (χ0) is 13.1. The Labute approximate surface area is 114 Å². The lowest BCUT2D eigenvalue weighted by atomic mass is 10.2. The number of rotatable bonds is 3. The van der Waals surface area contributed by atoms with Gasteiger partial charge in [-0.1, -0.05) is 22.0 Å². The van der Waals surface area contributed by atoms with E-state index < -0.39 is 0 Å². The monoisotopic (exact) mass is 307 g/mol. The number of hydrogen-bond acceptors (Lipinski definition) is 2. The Kier molecular flexibility index (Phi) is 3.81. The number of aromatic nitrogens is 2. The third kappa shape index (κ3) is 2.79. The maximum Gasteiger partial charge on any atom is 0.251 e. The van der Waals surface area contributed by atoms with Gasteiger partial charge in [0.25, 0.3) is 5.91 Å². The van der Waals surface area contributed by atoms with Crippen molar-refractivity contribution in [3.63, 3.8) is 0 Å². The fourth-order valence-corrected chi connectivity index (χ4v) is 2.13. The van der Waals surface area contributed by atoms with E-state index in [-0.39, 0.29) is 5.91 Å². The number of aromatic amines is 1. The Morgan fingerprint density at radius 3 is 2.83 bits per heavy atom. The van der Waals surface area contributed by atoms with Crippen LogP contribution in [0.3, 0.4) is 0 Å². The highest BCUT2D eigenvalue weighted by Crippen LogP contribution is 2.12. The summed E-state index contributed by atoms with van der Waals surface area (Å²) in [7, 11) is 0. The first-order valence-electron chi connectivity index (χ1n) is 5.62. The topological polar surface area (TPSA) is 57.8 Å². The van der Waals surface area contributed by atoms with Crippen LogP contribution in [0.5, 0.6) is 0 Å². The molecule has 0 spiro atoms. The largest absolute Gasteiger partial charge is 0.348 e. The predicted octanol–water partition coefficient (Wildman–Crippen LogP) is 2.72. The van der Waals surface area contributed by atoms with E-state index >= 15 is 0 Å². The minimum atomic E-state index is -0.0868. The molecule has 18 heavy (non-hydrogen) atoms. The van der Waals surface area contributed by atoms with Crippen LogP contribution >= 0.6 is 15.9 Å². The van der Waals surface area contributed by atoms with E-state index in [0.29, 0.717) is 12.1 Å². The van der Waals surface area contributed by atoms with E-state index in [1.165, 1.54) is 0 Å². The van der Waals surface area contributed by atoms with E-state index in [1.54, 1.807) is 12.1 Å². The van der Waals surface area contributed by atoms with E-state index in [4.69, 9.17) is 0 Å². The van der Waals surface area contributed by atoms with Gasteiger partial charge in [0.1, 0.15) is 0 Å². The van der Waals surface area contributed by atoms with Crippen molar-refractivity contribution in [1.82, 2.24) is 15.5 Å². The van der Waals surface area contributed by atoms with Gasteiger partial charge in [-0.15, -0.1) is 0 Å². The molecule has 0 aliphatic rings. The molecule has 0 saturated carbocycles. The van der Waals surface area contributed by atoms with Gasteiger partial charge in [0.2, 0.25) is 0 Å². The lowest BCUT2D eigenvalue weighted by molar-refractivity contribution is 0.0951. The summed E-state index contributed by atoms with van der Waals surface area (Å²) in [6, 6.07) is 7.31. The number of carbonyl (C=O) groups is 1. The van der Waals surface area contributed by atoms with Gasteiger partial charge in [0, 0.05) is 27.8 Å². The summed E-state index contributed by atoms with van der Waals surface area (Å²) in [4.78, 5) is 12.0. The summed E-state index contributed by atoms with van der Waals surface area (Å²) >= 11 is 3.35. The van der Waals surface area contributed by atoms with E-state index in [9.17, 15) is 4.79 Å². The summed E-state index contributed by atoms with van der Waals surface area (Å²) in [6.07, 6.45) is 0. The molecule has 4 nitrogen and oxygen atoms in total. The molecule has 0 bridgehead atoms. The molecule has 0 fully saturated rings. The molecule has 0 atom stereocenters. The Bertz CT molecular complexity index is 558. The minimum absolute atomic E-state index is 0.0868. The Balaban J connectivity index is 2.05. The highest BCUT2D eigenvalue weighted by atomic mass is 79.9. The molecule has 0 aliphatic carbocycles. The Morgan fingerprint density at radius 2 is 2.22 bits per heavy atom. The molecule has 5 heteroatoms. The molecule has 1 heterocycles. The highest BCUT2D eigenvalue weighted by Gasteiger charge is 2.09. The van der Waals surface area contributed by atoms with Gasteiger partial charge >= 0.3 is 0 Å². The van der Waals surface area contributed by atoms with Crippen LogP contribution in [0.2, 0.25) is 0 Å². The molecule has 1 amide bonds. The number of H-pyrrole nitrogens is 1. The molecule has 1 aromatic carbocycles. The van der Waals surface area contributed by atoms with Gasteiger partial charge in [-0.25, -0.2) is 0 Å². The molecule has 2 aromatic rings. The first-order chi connectivity index (χ1) is 8.58. The second-order valence-electron chi connectivity index (χ2n) is 4.11. The number of nitrogens with zero attached hydrogens (tertiary/aromatic N) is 1. The number of aryl methyl sites for hydroxylation is 2. The van der Waals surface area contributed by atoms with Crippen LogP contribution in [0.15, 0.2) is 28.7 Å². The van der Waals surface area contributed by atoms with Crippen molar-refractivity contribution in [3.05, 3.63) is 51.3 Å². The maximum absolute atomic E-state index is 12.0. The standard InChI is InChI=1S/C13H14BrN3O/c1-8-12(9(2)17-16-8)7-15-13(18)10-4-3-5-11(14)6-10/h3-6H,7H2,1-2H3,(H,15,18)(H,16,17). The van der Waals surface area contributed by atoms with Gasteiger partial charge in [0.15, 0.2) is 0 Å². The lowest BCUT2D eigenvalue weighted by Crippen LogP contribution is -2.23. The molecule has 0 unspecified atom stereocenters. The average Bonchev–Trinajstić information content (AvgIpc) is 2.66. The SMILES string of the molecule is Cc1n[nH]c(C)c1CNC(=O)c1cccc(Br)c1. The summed E-state index contributed by atoms with van der Waals surface area (Å²) < 4.78 is 0.894. The third-order valence-electron chi connectivity index (χ3n) is 2.79. The molecular weight excluding hydrogens is 294 g/mol. The Morgan fingerprint density at radius 1 is 1.44 bits per heavy atom. The average molecular weight is 308 g/mol. The molecule has 94 valence electrons. The van der Waals surface area contributed by atoms with Crippen molar-refractivity contribution >= 4 is 21.8 Å². The predicted molar refractivity (Wildman–Crippen MR) is 73.4 cm³/mol. The van der Waals surface area contributed by atoms with Crippen molar-refractivity contribution in [1.29, 1.82) is 0 Å². The van der Waals surface area contributed by atoms with Crippen LogP contribution in [0.25, 0.3) is 0 Å². The highest BCUT2D eigenvalue weighted by molar-refractivity contribution is 9.10. The number of hydrogen-bond donors (Lipinski definition) is 2. The summed E-state index contributed by atoms with van der Waals surface area (Å²) in [6.45, 7) is 4.35. The van der Waals surface area contributed by atoms with Gasteiger partial charge in [0.05, 0.1) is 5.69 Å². The minimum Gasteiger partial charge on any atom is -0.348 e. The van der Waals surface area contributed by atoms with E-state index in [1.807, 2.05) is 26.0 Å². The van der Waals surface area contributed by atoms with Gasteiger partial charge in [-0.05, 0) is 32.0 Å². The second kappa shape index (κ2) is 5.35. The maximum atomic E-state index is 12.0. The smallest absolute Gasteiger partial charge is 0.251 e.